The number of nitrogens with one attached hydrogen (secondary N) is 1. The van der Waals surface area contributed by atoms with Crippen LogP contribution in [0, 0.1) is 0 Å². The van der Waals surface area contributed by atoms with Gasteiger partial charge in [-0.3, -0.25) is 0 Å². The number of carbonyl (C=O) groups excluding carboxylic acids is 1. The van der Waals surface area contributed by atoms with Gasteiger partial charge < -0.3 is 19.7 Å². The zero-order valence-corrected chi connectivity index (χ0v) is 19.1. The molecule has 32 heavy (non-hydrogen) atoms. The molecule has 5 nitrogen and oxygen atoms in total. The third kappa shape index (κ3) is 5.18. The molecule has 0 bridgehead atoms. The summed E-state index contributed by atoms with van der Waals surface area (Å²) < 4.78 is 11.7. The fourth-order valence-corrected chi connectivity index (χ4v) is 4.20. The van der Waals surface area contributed by atoms with E-state index in [2.05, 4.69) is 5.32 Å². The average Bonchev–Trinajstić information content (AvgIpc) is 2.78. The zero-order valence-electron chi connectivity index (χ0n) is 17.6. The minimum absolute atomic E-state index is 0.0936. The SMILES string of the molecule is COc1ccccc1CNC(=O)N1CC(OC(c2ccccc2)c2ccc(Cl)cc2Cl)C1. The molecule has 0 radical (unpaired) electrons. The van der Waals surface area contributed by atoms with Gasteiger partial charge in [-0.25, -0.2) is 4.79 Å². The summed E-state index contributed by atoms with van der Waals surface area (Å²) in [7, 11) is 1.62. The van der Waals surface area contributed by atoms with E-state index in [1.165, 1.54) is 0 Å². The minimum atomic E-state index is -0.343. The summed E-state index contributed by atoms with van der Waals surface area (Å²) in [5.74, 6) is 0.753. The van der Waals surface area contributed by atoms with Gasteiger partial charge in [0.1, 0.15) is 11.9 Å². The Labute approximate surface area is 197 Å². The van der Waals surface area contributed by atoms with Crippen molar-refractivity contribution >= 4 is 29.2 Å². The number of benzene rings is 3. The standard InChI is InChI=1S/C25H24Cl2N2O3/c1-31-23-10-6-5-9-18(23)14-28-25(30)29-15-20(16-29)32-24(17-7-3-2-4-8-17)21-12-11-19(26)13-22(21)27/h2-13,20,24H,14-16H2,1H3,(H,28,30). The number of likely N-dealkylation sites (tertiary alicyclic amines) is 1. The summed E-state index contributed by atoms with van der Waals surface area (Å²) in [6.07, 6.45) is -0.436. The van der Waals surface area contributed by atoms with Gasteiger partial charge in [-0.05, 0) is 23.8 Å². The Morgan fingerprint density at radius 3 is 2.50 bits per heavy atom. The van der Waals surface area contributed by atoms with E-state index in [9.17, 15) is 4.79 Å². The van der Waals surface area contributed by atoms with E-state index in [4.69, 9.17) is 32.7 Å². The van der Waals surface area contributed by atoms with Crippen LogP contribution in [0.2, 0.25) is 10.0 Å². The Morgan fingerprint density at radius 1 is 1.06 bits per heavy atom. The summed E-state index contributed by atoms with van der Waals surface area (Å²) in [5.41, 5.74) is 2.77. The second-order valence-electron chi connectivity index (χ2n) is 7.59. The van der Waals surface area contributed by atoms with E-state index in [-0.39, 0.29) is 18.2 Å². The molecule has 1 aliphatic rings. The Morgan fingerprint density at radius 2 is 1.78 bits per heavy atom. The number of rotatable bonds is 7. The van der Waals surface area contributed by atoms with E-state index in [1.54, 1.807) is 24.1 Å². The van der Waals surface area contributed by atoms with Gasteiger partial charge >= 0.3 is 6.03 Å². The molecule has 1 saturated heterocycles. The van der Waals surface area contributed by atoms with Crippen LogP contribution < -0.4 is 10.1 Å². The number of carbonyl (C=O) groups is 1. The van der Waals surface area contributed by atoms with E-state index >= 15 is 0 Å². The lowest BCUT2D eigenvalue weighted by Crippen LogP contribution is -2.57. The number of urea groups is 1. The molecular formula is C25H24Cl2N2O3. The van der Waals surface area contributed by atoms with Crippen molar-refractivity contribution in [3.05, 3.63) is 99.5 Å². The second-order valence-corrected chi connectivity index (χ2v) is 8.43. The lowest BCUT2D eigenvalue weighted by molar-refractivity contribution is -0.0645. The molecule has 1 aliphatic heterocycles. The molecule has 4 rings (SSSR count). The van der Waals surface area contributed by atoms with Gasteiger partial charge in [0, 0.05) is 27.7 Å². The van der Waals surface area contributed by atoms with Crippen molar-refractivity contribution < 1.29 is 14.3 Å². The smallest absolute Gasteiger partial charge is 0.317 e. The quantitative estimate of drug-likeness (QED) is 0.481. The number of ether oxygens (including phenoxy) is 2. The van der Waals surface area contributed by atoms with E-state index in [1.807, 2.05) is 60.7 Å². The fourth-order valence-electron chi connectivity index (χ4n) is 3.69. The molecule has 1 fully saturated rings. The van der Waals surface area contributed by atoms with E-state index in [0.29, 0.717) is 29.7 Å². The number of para-hydroxylation sites is 1. The lowest BCUT2D eigenvalue weighted by Gasteiger charge is -2.40. The van der Waals surface area contributed by atoms with Crippen molar-refractivity contribution in [3.63, 3.8) is 0 Å². The number of hydrogen-bond donors (Lipinski definition) is 1. The molecule has 1 unspecified atom stereocenters. The maximum absolute atomic E-state index is 12.5. The third-order valence-electron chi connectivity index (χ3n) is 5.43. The van der Waals surface area contributed by atoms with E-state index in [0.717, 1.165) is 22.4 Å². The second kappa shape index (κ2) is 10.3. The third-order valence-corrected chi connectivity index (χ3v) is 6.00. The molecule has 1 N–H and O–H groups in total. The van der Waals surface area contributed by atoms with Crippen LogP contribution in [-0.2, 0) is 11.3 Å². The molecule has 1 heterocycles. The molecule has 166 valence electrons. The van der Waals surface area contributed by atoms with Gasteiger partial charge in [-0.1, -0.05) is 77.8 Å². The van der Waals surface area contributed by atoms with E-state index < -0.39 is 0 Å². The highest BCUT2D eigenvalue weighted by Gasteiger charge is 2.34. The average molecular weight is 471 g/mol. The van der Waals surface area contributed by atoms with Crippen molar-refractivity contribution in [1.82, 2.24) is 10.2 Å². The van der Waals surface area contributed by atoms with Crippen LogP contribution in [0.25, 0.3) is 0 Å². The summed E-state index contributed by atoms with van der Waals surface area (Å²) >= 11 is 12.5. The Balaban J connectivity index is 1.38. The zero-order chi connectivity index (χ0) is 22.5. The Hall–Kier alpha value is -2.73. The number of halogens is 2. The van der Waals surface area contributed by atoms with Crippen LogP contribution in [0.15, 0.2) is 72.8 Å². The molecule has 2 amide bonds. The molecule has 0 saturated carbocycles. The molecule has 0 aromatic heterocycles. The van der Waals surface area contributed by atoms with Crippen LogP contribution in [0.4, 0.5) is 4.79 Å². The number of amides is 2. The molecular weight excluding hydrogens is 447 g/mol. The first-order chi connectivity index (χ1) is 15.5. The molecule has 3 aromatic rings. The van der Waals surface area contributed by atoms with Crippen molar-refractivity contribution in [2.75, 3.05) is 20.2 Å². The predicted molar refractivity (Wildman–Crippen MR) is 126 cm³/mol. The normalized spacial score (nSPS) is 14.5. The summed E-state index contributed by atoms with van der Waals surface area (Å²) in [6, 6.07) is 22.8. The molecule has 7 heteroatoms. The fraction of sp³-hybridized carbons (Fsp3) is 0.240. The van der Waals surface area contributed by atoms with Gasteiger partial charge in [0.25, 0.3) is 0 Å². The minimum Gasteiger partial charge on any atom is -0.496 e. The predicted octanol–water partition coefficient (Wildman–Crippen LogP) is 5.70. The van der Waals surface area contributed by atoms with Gasteiger partial charge in [-0.2, -0.15) is 0 Å². The van der Waals surface area contributed by atoms with Gasteiger partial charge in [-0.15, -0.1) is 0 Å². The first-order valence-electron chi connectivity index (χ1n) is 10.3. The highest BCUT2D eigenvalue weighted by Crippen LogP contribution is 2.35. The van der Waals surface area contributed by atoms with Crippen LogP contribution in [-0.4, -0.2) is 37.2 Å². The molecule has 3 aromatic carbocycles. The van der Waals surface area contributed by atoms with Gasteiger partial charge in [0.05, 0.1) is 26.3 Å². The van der Waals surface area contributed by atoms with Crippen molar-refractivity contribution in [2.24, 2.45) is 0 Å². The Bertz CT molecular complexity index is 1070. The number of nitrogens with zero attached hydrogens (tertiary/aromatic N) is 1. The monoisotopic (exact) mass is 470 g/mol. The molecule has 0 aliphatic carbocycles. The number of hydrogen-bond acceptors (Lipinski definition) is 3. The highest BCUT2D eigenvalue weighted by atomic mass is 35.5. The van der Waals surface area contributed by atoms with Crippen LogP contribution in [0.1, 0.15) is 22.8 Å². The largest absolute Gasteiger partial charge is 0.496 e. The van der Waals surface area contributed by atoms with Gasteiger partial charge in [0.2, 0.25) is 0 Å². The van der Waals surface area contributed by atoms with Crippen LogP contribution in [0.3, 0.4) is 0 Å². The van der Waals surface area contributed by atoms with Crippen LogP contribution in [0.5, 0.6) is 5.75 Å². The summed E-state index contributed by atoms with van der Waals surface area (Å²) in [4.78, 5) is 14.3. The maximum atomic E-state index is 12.5. The highest BCUT2D eigenvalue weighted by molar-refractivity contribution is 6.35. The molecule has 1 atom stereocenters. The van der Waals surface area contributed by atoms with Crippen molar-refractivity contribution in [2.45, 2.75) is 18.8 Å². The van der Waals surface area contributed by atoms with Crippen molar-refractivity contribution in [3.8, 4) is 5.75 Å². The van der Waals surface area contributed by atoms with Crippen molar-refractivity contribution in [1.29, 1.82) is 0 Å². The summed E-state index contributed by atoms with van der Waals surface area (Å²) in [5, 5.41) is 4.07. The first-order valence-corrected chi connectivity index (χ1v) is 11.1. The topological polar surface area (TPSA) is 50.8 Å². The summed E-state index contributed by atoms with van der Waals surface area (Å²) in [6.45, 7) is 1.41. The lowest BCUT2D eigenvalue weighted by atomic mass is 10.0. The van der Waals surface area contributed by atoms with Gasteiger partial charge in [0.15, 0.2) is 0 Å². The molecule has 0 spiro atoms. The Kier molecular flexibility index (Phi) is 7.20. The maximum Gasteiger partial charge on any atom is 0.317 e. The number of methoxy groups -OCH3 is 1. The first kappa shape index (κ1) is 22.5. The van der Waals surface area contributed by atoms with Crippen LogP contribution >= 0.6 is 23.2 Å².